The van der Waals surface area contributed by atoms with Crippen LogP contribution in [0.5, 0.6) is 5.75 Å². The number of benzene rings is 1. The van der Waals surface area contributed by atoms with Gasteiger partial charge < -0.3 is 10.5 Å². The first-order chi connectivity index (χ1) is 9.81. The third kappa shape index (κ3) is 3.33. The standard InChI is InChI=1S/C13H13F3N4O/c1-8-7-20(12(17)19-8)18-6-9-3-4-10(13(14,15)16)11(5-9)21-2/h3-7H,1-2H3,(H2,17,19). The Bertz CT molecular complexity index is 677. The highest BCUT2D eigenvalue weighted by Gasteiger charge is 2.34. The van der Waals surface area contributed by atoms with Crippen molar-refractivity contribution >= 4 is 12.2 Å². The Morgan fingerprint density at radius 1 is 1.38 bits per heavy atom. The largest absolute Gasteiger partial charge is 0.496 e. The van der Waals surface area contributed by atoms with Gasteiger partial charge in [0, 0.05) is 0 Å². The molecule has 2 rings (SSSR count). The number of nitrogen functional groups attached to an aromatic ring is 1. The van der Waals surface area contributed by atoms with E-state index in [4.69, 9.17) is 10.5 Å². The lowest BCUT2D eigenvalue weighted by molar-refractivity contribution is -0.138. The summed E-state index contributed by atoms with van der Waals surface area (Å²) in [6.07, 6.45) is -1.49. The van der Waals surface area contributed by atoms with Gasteiger partial charge in [-0.1, -0.05) is 6.07 Å². The molecule has 0 fully saturated rings. The molecule has 0 atom stereocenters. The van der Waals surface area contributed by atoms with Crippen LogP contribution in [-0.4, -0.2) is 23.0 Å². The first-order valence-corrected chi connectivity index (χ1v) is 5.92. The normalized spacial score (nSPS) is 12.0. The van der Waals surface area contributed by atoms with Crippen LogP contribution in [0.2, 0.25) is 0 Å². The Balaban J connectivity index is 2.32. The van der Waals surface area contributed by atoms with Crippen LogP contribution in [0, 0.1) is 6.92 Å². The van der Waals surface area contributed by atoms with Crippen molar-refractivity contribution < 1.29 is 17.9 Å². The smallest absolute Gasteiger partial charge is 0.419 e. The molecule has 0 saturated carbocycles. The number of hydrogen-bond acceptors (Lipinski definition) is 4. The zero-order valence-electron chi connectivity index (χ0n) is 11.3. The van der Waals surface area contributed by atoms with Crippen molar-refractivity contribution in [3.05, 3.63) is 41.2 Å². The molecule has 1 aromatic carbocycles. The average Bonchev–Trinajstić information content (AvgIpc) is 2.73. The molecule has 2 aromatic rings. The number of nitrogens with two attached hydrogens (primary N) is 1. The summed E-state index contributed by atoms with van der Waals surface area (Å²) in [5.41, 5.74) is 5.91. The van der Waals surface area contributed by atoms with Gasteiger partial charge in [0.2, 0.25) is 5.95 Å². The summed E-state index contributed by atoms with van der Waals surface area (Å²) in [4.78, 5) is 3.96. The van der Waals surface area contributed by atoms with Crippen LogP contribution in [0.3, 0.4) is 0 Å². The van der Waals surface area contributed by atoms with E-state index in [-0.39, 0.29) is 11.7 Å². The van der Waals surface area contributed by atoms with Gasteiger partial charge >= 0.3 is 6.18 Å². The summed E-state index contributed by atoms with van der Waals surface area (Å²) >= 11 is 0. The summed E-state index contributed by atoms with van der Waals surface area (Å²) in [5, 5.41) is 4.03. The number of alkyl halides is 3. The van der Waals surface area contributed by atoms with E-state index in [0.29, 0.717) is 11.3 Å². The number of methoxy groups -OCH3 is 1. The number of aryl methyl sites for hydroxylation is 1. The SMILES string of the molecule is COc1cc(C=Nn2cc(C)nc2N)ccc1C(F)(F)F. The zero-order valence-corrected chi connectivity index (χ0v) is 11.3. The second-order valence-electron chi connectivity index (χ2n) is 4.29. The molecule has 0 aliphatic heterocycles. The molecule has 2 N–H and O–H groups in total. The molecule has 0 amide bonds. The highest BCUT2D eigenvalue weighted by Crippen LogP contribution is 2.36. The molecule has 0 aliphatic carbocycles. The number of aromatic nitrogens is 2. The third-order valence-electron chi connectivity index (χ3n) is 2.70. The second kappa shape index (κ2) is 5.47. The van der Waals surface area contributed by atoms with E-state index in [9.17, 15) is 13.2 Å². The van der Waals surface area contributed by atoms with Gasteiger partial charge in [-0.15, -0.1) is 0 Å². The number of nitrogens with zero attached hydrogens (tertiary/aromatic N) is 3. The lowest BCUT2D eigenvalue weighted by Crippen LogP contribution is -2.07. The quantitative estimate of drug-likeness (QED) is 0.886. The minimum atomic E-state index is -4.47. The van der Waals surface area contributed by atoms with E-state index in [0.717, 1.165) is 6.07 Å². The van der Waals surface area contributed by atoms with Crippen LogP contribution < -0.4 is 10.5 Å². The Morgan fingerprint density at radius 3 is 2.62 bits per heavy atom. The topological polar surface area (TPSA) is 65.4 Å². The number of halogens is 3. The van der Waals surface area contributed by atoms with Crippen LogP contribution in [-0.2, 0) is 6.18 Å². The minimum absolute atomic E-state index is 0.197. The average molecular weight is 298 g/mol. The Morgan fingerprint density at radius 2 is 2.10 bits per heavy atom. The monoisotopic (exact) mass is 298 g/mol. The van der Waals surface area contributed by atoms with E-state index in [1.807, 2.05) is 0 Å². The molecule has 0 aliphatic rings. The number of hydrogen-bond donors (Lipinski definition) is 1. The molecule has 0 saturated heterocycles. The predicted octanol–water partition coefficient (Wildman–Crippen LogP) is 2.68. The molecule has 0 unspecified atom stereocenters. The molecule has 8 heteroatoms. The number of ether oxygens (including phenoxy) is 1. The van der Waals surface area contributed by atoms with Gasteiger partial charge in [-0.05, 0) is 24.6 Å². The maximum absolute atomic E-state index is 12.7. The number of anilines is 1. The van der Waals surface area contributed by atoms with E-state index < -0.39 is 11.7 Å². The first-order valence-electron chi connectivity index (χ1n) is 5.92. The van der Waals surface area contributed by atoms with E-state index >= 15 is 0 Å². The van der Waals surface area contributed by atoms with Crippen molar-refractivity contribution in [3.63, 3.8) is 0 Å². The summed E-state index contributed by atoms with van der Waals surface area (Å²) in [5.74, 6) is -0.0659. The van der Waals surface area contributed by atoms with Crippen molar-refractivity contribution in [1.29, 1.82) is 0 Å². The van der Waals surface area contributed by atoms with Crippen molar-refractivity contribution in [2.45, 2.75) is 13.1 Å². The molecule has 0 bridgehead atoms. The highest BCUT2D eigenvalue weighted by molar-refractivity contribution is 5.80. The maximum atomic E-state index is 12.7. The lowest BCUT2D eigenvalue weighted by Gasteiger charge is -2.12. The molecule has 0 radical (unpaired) electrons. The van der Waals surface area contributed by atoms with Crippen molar-refractivity contribution in [2.24, 2.45) is 5.10 Å². The molecule has 0 spiro atoms. The fourth-order valence-electron chi connectivity index (χ4n) is 1.75. The van der Waals surface area contributed by atoms with E-state index in [1.165, 1.54) is 30.1 Å². The number of imidazole rings is 1. The van der Waals surface area contributed by atoms with Gasteiger partial charge in [0.05, 0.1) is 30.8 Å². The van der Waals surface area contributed by atoms with Gasteiger partial charge in [0.1, 0.15) is 5.75 Å². The predicted molar refractivity (Wildman–Crippen MR) is 72.4 cm³/mol. The zero-order chi connectivity index (χ0) is 15.6. The Labute approximate surface area is 118 Å². The lowest BCUT2D eigenvalue weighted by atomic mass is 10.1. The molecule has 112 valence electrons. The summed E-state index contributed by atoms with van der Waals surface area (Å²) < 4.78 is 44.3. The summed E-state index contributed by atoms with van der Waals surface area (Å²) in [6.45, 7) is 1.75. The Kier molecular flexibility index (Phi) is 3.88. The molecule has 5 nitrogen and oxygen atoms in total. The second-order valence-corrected chi connectivity index (χ2v) is 4.29. The van der Waals surface area contributed by atoms with Crippen molar-refractivity contribution in [1.82, 2.24) is 9.66 Å². The van der Waals surface area contributed by atoms with E-state index in [2.05, 4.69) is 10.1 Å². The fraction of sp³-hybridized carbons (Fsp3) is 0.231. The minimum Gasteiger partial charge on any atom is -0.496 e. The van der Waals surface area contributed by atoms with Gasteiger partial charge in [-0.3, -0.25) is 0 Å². The first kappa shape index (κ1) is 14.9. The summed E-state index contributed by atoms with van der Waals surface area (Å²) in [6, 6.07) is 3.50. The van der Waals surface area contributed by atoms with Crippen LogP contribution in [0.4, 0.5) is 19.1 Å². The Hall–Kier alpha value is -2.51. The van der Waals surface area contributed by atoms with Gasteiger partial charge in [-0.2, -0.15) is 18.3 Å². The number of rotatable bonds is 3. The van der Waals surface area contributed by atoms with E-state index in [1.54, 1.807) is 13.1 Å². The van der Waals surface area contributed by atoms with Crippen LogP contribution in [0.25, 0.3) is 0 Å². The maximum Gasteiger partial charge on any atom is 0.419 e. The van der Waals surface area contributed by atoms with Crippen molar-refractivity contribution in [3.8, 4) is 5.75 Å². The fourth-order valence-corrected chi connectivity index (χ4v) is 1.75. The highest BCUT2D eigenvalue weighted by atomic mass is 19.4. The molecule has 1 aromatic heterocycles. The van der Waals surface area contributed by atoms with Crippen molar-refractivity contribution in [2.75, 3.05) is 12.8 Å². The van der Waals surface area contributed by atoms with Gasteiger partial charge in [-0.25, -0.2) is 9.66 Å². The molecular weight excluding hydrogens is 285 g/mol. The third-order valence-corrected chi connectivity index (χ3v) is 2.70. The molecular formula is C13H13F3N4O. The van der Waals surface area contributed by atoms with Crippen LogP contribution >= 0.6 is 0 Å². The van der Waals surface area contributed by atoms with Crippen LogP contribution in [0.15, 0.2) is 29.5 Å². The van der Waals surface area contributed by atoms with Gasteiger partial charge in [0.15, 0.2) is 0 Å². The van der Waals surface area contributed by atoms with Crippen LogP contribution in [0.1, 0.15) is 16.8 Å². The molecule has 21 heavy (non-hydrogen) atoms. The molecule has 1 heterocycles. The summed E-state index contributed by atoms with van der Waals surface area (Å²) in [7, 11) is 1.18. The van der Waals surface area contributed by atoms with Gasteiger partial charge in [0.25, 0.3) is 0 Å².